The number of likely N-dealkylation sites (N-methyl/N-ethyl adjacent to an activating group) is 1. The Morgan fingerprint density at radius 1 is 1.17 bits per heavy atom. The first-order valence-corrected chi connectivity index (χ1v) is 10.4. The van der Waals surface area contributed by atoms with Crippen molar-refractivity contribution in [2.75, 3.05) is 27.2 Å². The molecular weight excluding hydrogens is 372 g/mol. The summed E-state index contributed by atoms with van der Waals surface area (Å²) in [6, 6.07) is 8.57. The number of carbonyl (C=O) groups excluding carboxylic acids is 1. The van der Waals surface area contributed by atoms with Gasteiger partial charge in [-0.1, -0.05) is 30.8 Å². The standard InChI is InChI=1S/C24H33F2NO2/c1-18(17-27(2)3)24(28)29-16-15-20-9-13-22(14-10-20)21-11-7-19(8-12-21)5-4-6-23(25)26/h6,9-10,13-14,19,21H,1,4-5,7-8,11-12,15-17H2,2-3H3. The molecule has 1 aliphatic rings. The third kappa shape index (κ3) is 8.48. The minimum Gasteiger partial charge on any atom is -0.462 e. The number of carbonyl (C=O) groups is 1. The first-order chi connectivity index (χ1) is 13.8. The molecule has 0 radical (unpaired) electrons. The fraction of sp³-hybridized carbons (Fsp3) is 0.542. The number of esters is 1. The van der Waals surface area contributed by atoms with Crippen molar-refractivity contribution in [1.82, 2.24) is 4.90 Å². The molecule has 0 N–H and O–H groups in total. The van der Waals surface area contributed by atoms with Gasteiger partial charge in [0.15, 0.2) is 0 Å². The van der Waals surface area contributed by atoms with E-state index in [1.165, 1.54) is 5.56 Å². The molecule has 5 heteroatoms. The van der Waals surface area contributed by atoms with Crippen LogP contribution in [0.1, 0.15) is 55.6 Å². The number of allylic oxidation sites excluding steroid dienone is 1. The van der Waals surface area contributed by atoms with Crippen LogP contribution in [0, 0.1) is 5.92 Å². The lowest BCUT2D eigenvalue weighted by Crippen LogP contribution is -2.21. The Hall–Kier alpha value is -2.01. The van der Waals surface area contributed by atoms with Crippen LogP contribution in [0.2, 0.25) is 0 Å². The van der Waals surface area contributed by atoms with Gasteiger partial charge in [0.25, 0.3) is 6.08 Å². The van der Waals surface area contributed by atoms with E-state index in [-0.39, 0.29) is 5.97 Å². The highest BCUT2D eigenvalue weighted by molar-refractivity contribution is 5.88. The number of rotatable bonds is 10. The summed E-state index contributed by atoms with van der Waals surface area (Å²) in [6.07, 6.45) is 5.98. The van der Waals surface area contributed by atoms with Crippen LogP contribution in [-0.2, 0) is 16.0 Å². The second-order valence-electron chi connectivity index (χ2n) is 8.26. The molecule has 0 saturated heterocycles. The summed E-state index contributed by atoms with van der Waals surface area (Å²) < 4.78 is 29.6. The lowest BCUT2D eigenvalue weighted by atomic mass is 9.77. The van der Waals surface area contributed by atoms with Gasteiger partial charge in [-0.25, -0.2) is 4.79 Å². The van der Waals surface area contributed by atoms with E-state index in [4.69, 9.17) is 4.74 Å². The minimum absolute atomic E-state index is 0.336. The Labute approximate surface area is 173 Å². The van der Waals surface area contributed by atoms with E-state index in [2.05, 4.69) is 30.8 Å². The van der Waals surface area contributed by atoms with Crippen molar-refractivity contribution in [2.45, 2.75) is 50.9 Å². The van der Waals surface area contributed by atoms with Crippen LogP contribution in [0.4, 0.5) is 8.78 Å². The molecular formula is C24H33F2NO2. The molecule has 3 nitrogen and oxygen atoms in total. The van der Waals surface area contributed by atoms with Crippen molar-refractivity contribution in [3.8, 4) is 0 Å². The minimum atomic E-state index is -1.56. The van der Waals surface area contributed by atoms with Gasteiger partial charge in [-0.15, -0.1) is 0 Å². The SMILES string of the molecule is C=C(CN(C)C)C(=O)OCCc1ccc(C2CCC(CCC=C(F)F)CC2)cc1. The van der Waals surface area contributed by atoms with E-state index in [9.17, 15) is 13.6 Å². The monoisotopic (exact) mass is 405 g/mol. The van der Waals surface area contributed by atoms with Gasteiger partial charge < -0.3 is 9.64 Å². The molecule has 1 aliphatic carbocycles. The van der Waals surface area contributed by atoms with Gasteiger partial charge in [0, 0.05) is 18.5 Å². The van der Waals surface area contributed by atoms with Crippen LogP contribution < -0.4 is 0 Å². The number of halogens is 2. The van der Waals surface area contributed by atoms with Gasteiger partial charge in [0.1, 0.15) is 0 Å². The Morgan fingerprint density at radius 3 is 2.41 bits per heavy atom. The molecule has 1 aromatic rings. The quantitative estimate of drug-likeness (QED) is 0.368. The molecule has 1 saturated carbocycles. The molecule has 0 aromatic heterocycles. The van der Waals surface area contributed by atoms with Crippen LogP contribution in [0.5, 0.6) is 0 Å². The summed E-state index contributed by atoms with van der Waals surface area (Å²) in [5, 5.41) is 0. The van der Waals surface area contributed by atoms with Crippen molar-refractivity contribution >= 4 is 5.97 Å². The molecule has 2 rings (SSSR count). The smallest absolute Gasteiger partial charge is 0.334 e. The third-order valence-electron chi connectivity index (χ3n) is 5.59. The van der Waals surface area contributed by atoms with Crippen molar-refractivity contribution < 1.29 is 18.3 Å². The van der Waals surface area contributed by atoms with E-state index in [0.29, 0.717) is 43.4 Å². The summed E-state index contributed by atoms with van der Waals surface area (Å²) in [7, 11) is 3.77. The normalized spacial score (nSPS) is 19.1. The first-order valence-electron chi connectivity index (χ1n) is 10.4. The van der Waals surface area contributed by atoms with Gasteiger partial charge >= 0.3 is 5.97 Å². The maximum atomic E-state index is 12.1. The Kier molecular flexibility index (Phi) is 9.52. The second kappa shape index (κ2) is 11.9. The predicted octanol–water partition coefficient (Wildman–Crippen LogP) is 5.72. The fourth-order valence-electron chi connectivity index (χ4n) is 3.98. The molecule has 1 fully saturated rings. The molecule has 0 unspecified atom stereocenters. The third-order valence-corrected chi connectivity index (χ3v) is 5.59. The Bertz CT molecular complexity index is 685. The van der Waals surface area contributed by atoms with E-state index in [0.717, 1.165) is 43.7 Å². The van der Waals surface area contributed by atoms with Gasteiger partial charge in [-0.2, -0.15) is 8.78 Å². The largest absolute Gasteiger partial charge is 0.462 e. The van der Waals surface area contributed by atoms with Crippen LogP contribution >= 0.6 is 0 Å². The Balaban J connectivity index is 1.71. The molecule has 0 spiro atoms. The van der Waals surface area contributed by atoms with E-state index >= 15 is 0 Å². The molecule has 0 amide bonds. The van der Waals surface area contributed by atoms with Crippen LogP contribution in [0.3, 0.4) is 0 Å². The number of nitrogens with zero attached hydrogens (tertiary/aromatic N) is 1. The maximum Gasteiger partial charge on any atom is 0.334 e. The topological polar surface area (TPSA) is 29.5 Å². The highest BCUT2D eigenvalue weighted by Gasteiger charge is 2.22. The molecule has 29 heavy (non-hydrogen) atoms. The molecule has 0 heterocycles. The zero-order valence-electron chi connectivity index (χ0n) is 17.6. The van der Waals surface area contributed by atoms with Crippen LogP contribution in [-0.4, -0.2) is 38.1 Å². The highest BCUT2D eigenvalue weighted by atomic mass is 19.3. The molecule has 0 bridgehead atoms. The summed E-state index contributed by atoms with van der Waals surface area (Å²) in [6.45, 7) is 4.61. The zero-order valence-corrected chi connectivity index (χ0v) is 17.6. The number of ether oxygens (including phenoxy) is 1. The van der Waals surface area contributed by atoms with Crippen molar-refractivity contribution in [1.29, 1.82) is 0 Å². The molecule has 1 aromatic carbocycles. The zero-order chi connectivity index (χ0) is 21.2. The van der Waals surface area contributed by atoms with Crippen molar-refractivity contribution in [2.24, 2.45) is 5.92 Å². The van der Waals surface area contributed by atoms with Crippen LogP contribution in [0.15, 0.2) is 48.6 Å². The Morgan fingerprint density at radius 2 is 1.83 bits per heavy atom. The average molecular weight is 406 g/mol. The van der Waals surface area contributed by atoms with Gasteiger partial charge in [0.2, 0.25) is 0 Å². The number of benzene rings is 1. The summed E-state index contributed by atoms with van der Waals surface area (Å²) in [5.41, 5.74) is 2.96. The van der Waals surface area contributed by atoms with E-state index in [1.807, 2.05) is 19.0 Å². The van der Waals surface area contributed by atoms with Crippen LogP contribution in [0.25, 0.3) is 0 Å². The number of hydrogen-bond acceptors (Lipinski definition) is 3. The van der Waals surface area contributed by atoms with Gasteiger partial charge in [-0.3, -0.25) is 0 Å². The highest BCUT2D eigenvalue weighted by Crippen LogP contribution is 2.37. The lowest BCUT2D eigenvalue weighted by molar-refractivity contribution is -0.139. The van der Waals surface area contributed by atoms with Gasteiger partial charge in [-0.05, 0) is 81.7 Å². The summed E-state index contributed by atoms with van der Waals surface area (Å²) >= 11 is 0. The van der Waals surface area contributed by atoms with Crippen molar-refractivity contribution in [3.63, 3.8) is 0 Å². The van der Waals surface area contributed by atoms with E-state index in [1.54, 1.807) is 0 Å². The first kappa shape index (κ1) is 23.3. The van der Waals surface area contributed by atoms with Gasteiger partial charge in [0.05, 0.1) is 6.61 Å². The van der Waals surface area contributed by atoms with E-state index < -0.39 is 6.08 Å². The summed E-state index contributed by atoms with van der Waals surface area (Å²) in [5.74, 6) is 0.788. The molecule has 0 atom stereocenters. The molecule has 0 aliphatic heterocycles. The molecule has 160 valence electrons. The van der Waals surface area contributed by atoms with Crippen molar-refractivity contribution in [3.05, 3.63) is 59.7 Å². The fourth-order valence-corrected chi connectivity index (χ4v) is 3.98. The maximum absolute atomic E-state index is 12.1. The summed E-state index contributed by atoms with van der Waals surface area (Å²) in [4.78, 5) is 13.8. The predicted molar refractivity (Wildman–Crippen MR) is 113 cm³/mol. The number of hydrogen-bond donors (Lipinski definition) is 0. The average Bonchev–Trinajstić information content (AvgIpc) is 2.68. The second-order valence-corrected chi connectivity index (χ2v) is 8.26. The lowest BCUT2D eigenvalue weighted by Gasteiger charge is -2.28.